The Morgan fingerprint density at radius 3 is 2.32 bits per heavy atom. The fraction of sp³-hybridized carbons (Fsp3) is 0.111. The summed E-state index contributed by atoms with van der Waals surface area (Å²) in [6.45, 7) is 8.96. The van der Waals surface area contributed by atoms with E-state index in [-0.39, 0.29) is 0 Å². The molecule has 0 fully saturated rings. The Hall–Kier alpha value is -3.94. The zero-order valence-corrected chi connectivity index (χ0v) is 22.0. The lowest BCUT2D eigenvalue weighted by molar-refractivity contribution is 0.672. The normalized spacial score (nSPS) is 18.8. The van der Waals surface area contributed by atoms with E-state index < -0.39 is 0 Å². The Labute approximate surface area is 221 Å². The summed E-state index contributed by atoms with van der Waals surface area (Å²) in [4.78, 5) is 0. The standard InChI is InChI=1S/C36H28S/c1-22-14-15-25-8-4-5-11-31(25)35(22)29-18-16-27(20-23(29)2)28-17-19-32-33-13-7-10-26-9-6-12-30(36(26)33)24(3)37-34(32)21-28/h4-21,25,31H,3H2,1-2H3. The van der Waals surface area contributed by atoms with Crippen molar-refractivity contribution in [3.8, 4) is 11.1 Å². The summed E-state index contributed by atoms with van der Waals surface area (Å²) in [5.41, 5.74) is 8.02. The molecular formula is C36H28S. The molecule has 37 heavy (non-hydrogen) atoms. The molecule has 7 rings (SSSR count). The highest BCUT2D eigenvalue weighted by Gasteiger charge is 2.26. The predicted molar refractivity (Wildman–Crippen MR) is 164 cm³/mol. The maximum absolute atomic E-state index is 4.46. The highest BCUT2D eigenvalue weighted by molar-refractivity contribution is 7.17. The maximum atomic E-state index is 4.46. The lowest BCUT2D eigenvalue weighted by Gasteiger charge is -2.30. The minimum absolute atomic E-state index is 0.416. The van der Waals surface area contributed by atoms with Crippen LogP contribution in [0.15, 0.2) is 115 Å². The molecule has 2 aliphatic carbocycles. The minimum atomic E-state index is 0.416. The van der Waals surface area contributed by atoms with Gasteiger partial charge in [-0.05, 0) is 80.2 Å². The van der Waals surface area contributed by atoms with E-state index in [1.807, 2.05) is 0 Å². The average Bonchev–Trinajstić information content (AvgIpc) is 3.04. The van der Waals surface area contributed by atoms with Gasteiger partial charge in [-0.2, -0.15) is 0 Å². The van der Waals surface area contributed by atoms with E-state index in [1.165, 1.54) is 65.0 Å². The molecule has 0 aliphatic heterocycles. The number of rotatable bonds is 2. The third kappa shape index (κ3) is 3.57. The van der Waals surface area contributed by atoms with Crippen molar-refractivity contribution in [3.05, 3.63) is 130 Å². The van der Waals surface area contributed by atoms with Crippen LogP contribution in [0, 0.1) is 18.8 Å². The highest BCUT2D eigenvalue weighted by atomic mass is 32.1. The zero-order valence-electron chi connectivity index (χ0n) is 21.2. The van der Waals surface area contributed by atoms with E-state index in [0.717, 1.165) is 4.53 Å². The van der Waals surface area contributed by atoms with Crippen LogP contribution in [0.25, 0.3) is 54.9 Å². The van der Waals surface area contributed by atoms with Crippen molar-refractivity contribution in [1.29, 1.82) is 0 Å². The average molecular weight is 493 g/mol. The third-order valence-corrected chi connectivity index (χ3v) is 9.09. The Morgan fingerprint density at radius 1 is 0.730 bits per heavy atom. The molecule has 2 unspecified atom stereocenters. The Balaban J connectivity index is 1.37. The van der Waals surface area contributed by atoms with Gasteiger partial charge in [0.05, 0.1) is 0 Å². The van der Waals surface area contributed by atoms with Gasteiger partial charge in [-0.1, -0.05) is 110 Å². The van der Waals surface area contributed by atoms with Gasteiger partial charge in [0.15, 0.2) is 0 Å². The van der Waals surface area contributed by atoms with Gasteiger partial charge in [-0.25, -0.2) is 0 Å². The second-order valence-corrected chi connectivity index (χ2v) is 11.4. The molecule has 4 aromatic carbocycles. The SMILES string of the molecule is C=c1sc2cc(-c3ccc(C4=C(C)C=CC5C=CC=CC45)c(C)c3)ccc2c2cccc3cccc1c32. The van der Waals surface area contributed by atoms with E-state index in [2.05, 4.69) is 130 Å². The second kappa shape index (κ2) is 8.57. The van der Waals surface area contributed by atoms with Crippen LogP contribution >= 0.6 is 11.3 Å². The van der Waals surface area contributed by atoms with Gasteiger partial charge in [-0.3, -0.25) is 0 Å². The van der Waals surface area contributed by atoms with E-state index in [9.17, 15) is 0 Å². The monoisotopic (exact) mass is 492 g/mol. The molecule has 0 saturated heterocycles. The summed E-state index contributed by atoms with van der Waals surface area (Å²) in [6.07, 6.45) is 13.7. The Bertz CT molecular complexity index is 1920. The van der Waals surface area contributed by atoms with Crippen LogP contribution in [0.2, 0.25) is 0 Å². The molecule has 0 N–H and O–H groups in total. The van der Waals surface area contributed by atoms with Crippen molar-refractivity contribution in [2.45, 2.75) is 13.8 Å². The number of allylic oxidation sites excluding steroid dienone is 8. The fourth-order valence-electron chi connectivity index (χ4n) is 6.24. The first kappa shape index (κ1) is 22.3. The van der Waals surface area contributed by atoms with Crippen LogP contribution < -0.4 is 4.53 Å². The molecular weight excluding hydrogens is 464 g/mol. The van der Waals surface area contributed by atoms with Gasteiger partial charge >= 0.3 is 0 Å². The van der Waals surface area contributed by atoms with Crippen molar-refractivity contribution in [3.63, 3.8) is 0 Å². The molecule has 2 aliphatic rings. The van der Waals surface area contributed by atoms with Crippen LogP contribution in [-0.2, 0) is 0 Å². The summed E-state index contributed by atoms with van der Waals surface area (Å²) in [6, 6.07) is 27.1. The van der Waals surface area contributed by atoms with Crippen LogP contribution in [0.4, 0.5) is 0 Å². The molecule has 5 aromatic rings. The van der Waals surface area contributed by atoms with Crippen LogP contribution in [0.3, 0.4) is 0 Å². The Kier molecular flexibility index (Phi) is 5.16. The molecule has 2 atom stereocenters. The summed E-state index contributed by atoms with van der Waals surface area (Å²) >= 11 is 1.79. The van der Waals surface area contributed by atoms with E-state index in [1.54, 1.807) is 11.3 Å². The largest absolute Gasteiger partial charge is 0.136 e. The smallest absolute Gasteiger partial charge is 0.0361 e. The van der Waals surface area contributed by atoms with Crippen molar-refractivity contribution in [2.75, 3.05) is 0 Å². The first-order chi connectivity index (χ1) is 18.1. The van der Waals surface area contributed by atoms with Gasteiger partial charge in [0.1, 0.15) is 0 Å². The molecule has 1 heteroatoms. The lowest BCUT2D eigenvalue weighted by Crippen LogP contribution is -2.17. The van der Waals surface area contributed by atoms with E-state index in [0.29, 0.717) is 11.8 Å². The zero-order chi connectivity index (χ0) is 25.1. The maximum Gasteiger partial charge on any atom is 0.0361 e. The highest BCUT2D eigenvalue weighted by Crippen LogP contribution is 2.42. The summed E-state index contributed by atoms with van der Waals surface area (Å²) < 4.78 is 2.38. The minimum Gasteiger partial charge on any atom is -0.136 e. The molecule has 0 nitrogen and oxygen atoms in total. The van der Waals surface area contributed by atoms with Gasteiger partial charge in [0.2, 0.25) is 0 Å². The van der Waals surface area contributed by atoms with Crippen LogP contribution in [-0.4, -0.2) is 0 Å². The van der Waals surface area contributed by atoms with Crippen LogP contribution in [0.1, 0.15) is 18.1 Å². The lowest BCUT2D eigenvalue weighted by atomic mass is 9.74. The topological polar surface area (TPSA) is 0 Å². The van der Waals surface area contributed by atoms with Gasteiger partial charge in [0.25, 0.3) is 0 Å². The number of hydrogen-bond acceptors (Lipinski definition) is 1. The molecule has 0 spiro atoms. The molecule has 1 aromatic heterocycles. The predicted octanol–water partition coefficient (Wildman–Crippen LogP) is 9.58. The molecule has 0 bridgehead atoms. The number of aryl methyl sites for hydroxylation is 1. The molecule has 178 valence electrons. The van der Waals surface area contributed by atoms with Crippen molar-refractivity contribution >= 4 is 55.1 Å². The van der Waals surface area contributed by atoms with Gasteiger partial charge < -0.3 is 0 Å². The molecule has 1 heterocycles. The number of fused-ring (bicyclic) bond motifs is 3. The first-order valence-corrected chi connectivity index (χ1v) is 13.8. The Morgan fingerprint density at radius 2 is 1.49 bits per heavy atom. The number of hydrogen-bond donors (Lipinski definition) is 0. The molecule has 0 radical (unpaired) electrons. The quantitative estimate of drug-likeness (QED) is 0.230. The van der Waals surface area contributed by atoms with Crippen LogP contribution in [0.5, 0.6) is 0 Å². The summed E-state index contributed by atoms with van der Waals surface area (Å²) in [7, 11) is 0. The molecule has 0 amide bonds. The number of benzene rings is 4. The fourth-order valence-corrected chi connectivity index (χ4v) is 7.26. The second-order valence-electron chi connectivity index (χ2n) is 10.3. The summed E-state index contributed by atoms with van der Waals surface area (Å²) in [5, 5.41) is 6.41. The van der Waals surface area contributed by atoms with Crippen molar-refractivity contribution in [2.24, 2.45) is 11.8 Å². The molecule has 0 saturated carbocycles. The van der Waals surface area contributed by atoms with E-state index in [4.69, 9.17) is 0 Å². The third-order valence-electron chi connectivity index (χ3n) is 8.06. The van der Waals surface area contributed by atoms with Gasteiger partial charge in [-0.15, -0.1) is 11.3 Å². The van der Waals surface area contributed by atoms with Crippen molar-refractivity contribution < 1.29 is 0 Å². The van der Waals surface area contributed by atoms with E-state index >= 15 is 0 Å². The van der Waals surface area contributed by atoms with Gasteiger partial charge in [0, 0.05) is 21.1 Å². The van der Waals surface area contributed by atoms with Crippen molar-refractivity contribution in [1.82, 2.24) is 0 Å². The summed E-state index contributed by atoms with van der Waals surface area (Å²) in [5.74, 6) is 0.866. The first-order valence-electron chi connectivity index (χ1n) is 13.0.